The van der Waals surface area contributed by atoms with Crippen LogP contribution in [0.1, 0.15) is 19.3 Å². The third-order valence-electron chi connectivity index (χ3n) is 5.03. The van der Waals surface area contributed by atoms with E-state index in [1.165, 1.54) is 43.6 Å². The van der Waals surface area contributed by atoms with Crippen molar-refractivity contribution in [2.75, 3.05) is 19.6 Å². The van der Waals surface area contributed by atoms with Gasteiger partial charge in [0.2, 0.25) is 0 Å². The van der Waals surface area contributed by atoms with Crippen LogP contribution in [-0.2, 0) is 14.0 Å². The van der Waals surface area contributed by atoms with Gasteiger partial charge in [0.15, 0.2) is 0 Å². The van der Waals surface area contributed by atoms with Gasteiger partial charge in [-0.2, -0.15) is 0 Å². The van der Waals surface area contributed by atoms with Gasteiger partial charge in [0.05, 0.1) is 0 Å². The minimum atomic E-state index is -2.87. The van der Waals surface area contributed by atoms with E-state index in [2.05, 4.69) is 44.0 Å². The van der Waals surface area contributed by atoms with Gasteiger partial charge in [-0.05, 0) is 0 Å². The normalized spacial score (nSPS) is 23.1. The molecule has 114 valence electrons. The van der Waals surface area contributed by atoms with Crippen molar-refractivity contribution in [2.24, 2.45) is 0 Å². The van der Waals surface area contributed by atoms with Crippen LogP contribution in [0.3, 0.4) is 0 Å². The van der Waals surface area contributed by atoms with Crippen molar-refractivity contribution in [1.29, 1.82) is 0 Å². The van der Waals surface area contributed by atoms with E-state index in [1.807, 2.05) is 0 Å². The number of allylic oxidation sites excluding steroid dienone is 4. The number of likely N-dealkylation sites (tertiary alicyclic amines) is 1. The Balaban J connectivity index is 0.00000162. The van der Waals surface area contributed by atoms with Gasteiger partial charge in [-0.25, -0.2) is 0 Å². The molecule has 19 heavy (non-hydrogen) atoms. The molecule has 0 N–H and O–H groups in total. The van der Waals surface area contributed by atoms with Crippen molar-refractivity contribution >= 4 is 24.8 Å². The zero-order valence-corrected chi connectivity index (χ0v) is 16.1. The second-order valence-electron chi connectivity index (χ2n) is 9.21. The van der Waals surface area contributed by atoms with E-state index in [0.717, 1.165) is 0 Å². The van der Waals surface area contributed by atoms with E-state index in [0.29, 0.717) is 0 Å². The molecule has 0 saturated carbocycles. The van der Waals surface area contributed by atoms with Crippen LogP contribution in [0.5, 0.6) is 0 Å². The van der Waals surface area contributed by atoms with Gasteiger partial charge in [0.25, 0.3) is 0 Å². The topological polar surface area (TPSA) is 3.24 Å². The molecule has 1 nitrogen and oxygen atoms in total. The fourth-order valence-corrected chi connectivity index (χ4v) is 8.77. The first kappa shape index (κ1) is 19.7. The molecule has 0 unspecified atom stereocenters. The monoisotopic (exact) mass is 343 g/mol. The molecule has 1 aliphatic heterocycles. The molecule has 0 aromatic rings. The van der Waals surface area contributed by atoms with Crippen molar-refractivity contribution in [3.05, 3.63) is 22.1 Å². The molecule has 2 rings (SSSR count). The molecule has 0 aromatic heterocycles. The molecule has 0 aromatic carbocycles. The molecule has 2 aliphatic rings. The molecular formula is C15H31Cl2NTi. The molecule has 0 atom stereocenters. The van der Waals surface area contributed by atoms with Crippen molar-refractivity contribution in [3.8, 4) is 0 Å². The van der Waals surface area contributed by atoms with Crippen molar-refractivity contribution in [1.82, 2.24) is 4.90 Å². The van der Waals surface area contributed by atoms with Crippen LogP contribution in [-0.4, -0.2) is 24.5 Å². The van der Waals surface area contributed by atoms with E-state index in [9.17, 15) is 0 Å². The predicted octanol–water partition coefficient (Wildman–Crippen LogP) is 5.61. The Morgan fingerprint density at radius 2 is 1.63 bits per heavy atom. The average Bonchev–Trinajstić information content (AvgIpc) is 2.88. The quantitative estimate of drug-likeness (QED) is 0.600. The summed E-state index contributed by atoms with van der Waals surface area (Å²) in [5, 5.41) is 10.5. The number of rotatable bonds is 4. The number of hydrogen-bond acceptors (Lipinski definition) is 1. The van der Waals surface area contributed by atoms with Crippen molar-refractivity contribution < 1.29 is 14.0 Å². The van der Waals surface area contributed by atoms with Gasteiger partial charge in [-0.3, -0.25) is 0 Å². The van der Waals surface area contributed by atoms with E-state index in [-0.39, 0.29) is 24.8 Å². The van der Waals surface area contributed by atoms with Crippen LogP contribution < -0.4 is 0 Å². The zero-order valence-electron chi connectivity index (χ0n) is 12.9. The third kappa shape index (κ3) is 4.90. The van der Waals surface area contributed by atoms with Crippen molar-refractivity contribution in [2.45, 2.75) is 44.9 Å². The molecule has 1 aliphatic carbocycles. The number of halogens is 2. The summed E-state index contributed by atoms with van der Waals surface area (Å²) < 4.78 is 3.19. The Kier molecular flexibility index (Phi) is 6.08. The molecule has 1 heterocycles. The molecule has 0 amide bonds. The third-order valence-corrected chi connectivity index (χ3v) is 14.2. The Labute approximate surface area is 130 Å². The van der Waals surface area contributed by atoms with Gasteiger partial charge in [-0.1, -0.05) is 0 Å². The van der Waals surface area contributed by atoms with Crippen LogP contribution in [0.15, 0.2) is 22.1 Å². The second-order valence-corrected chi connectivity index (χ2v) is 28.5. The van der Waals surface area contributed by atoms with Crippen LogP contribution in [0, 0.1) is 0 Å². The fraction of sp³-hybridized carbons (Fsp3) is 0.733. The van der Waals surface area contributed by atoms with Gasteiger partial charge < -0.3 is 0 Å². The minimum absolute atomic E-state index is 0. The van der Waals surface area contributed by atoms with Crippen molar-refractivity contribution in [3.63, 3.8) is 0 Å². The summed E-state index contributed by atoms with van der Waals surface area (Å²) in [6.45, 7) is 3.99. The Hall–Kier alpha value is 0.734. The van der Waals surface area contributed by atoms with E-state index in [1.54, 1.807) is 3.88 Å². The van der Waals surface area contributed by atoms with Gasteiger partial charge >= 0.3 is 106 Å². The predicted molar refractivity (Wildman–Crippen MR) is 90.3 cm³/mol. The summed E-state index contributed by atoms with van der Waals surface area (Å²) in [5.74, 6) is 0. The number of nitrogens with zero attached hydrogens (tertiary/aromatic N) is 1. The summed E-state index contributed by atoms with van der Waals surface area (Å²) >= 11 is -2.87. The SMILES string of the molecule is Cl.Cl.[CH3][Ti]([CH3])([CH3])([CH3])([CH2]CN1CCCC1)[C]1=CC=CC1. The molecule has 0 bridgehead atoms. The fourth-order valence-electron chi connectivity index (χ4n) is 3.15. The van der Waals surface area contributed by atoms with E-state index >= 15 is 0 Å². The standard InChI is InChI=1S/C6H12N.C5H5.4CH3.2ClH.Ti/c1-2-7-5-3-4-6-7;1-2-4-5-3-1;;;;;;;/h1-6H2;1-3H,4H2;4*1H3;2*1H;. The van der Waals surface area contributed by atoms with Crippen LogP contribution in [0.2, 0.25) is 25.6 Å². The molecule has 1 saturated heterocycles. The van der Waals surface area contributed by atoms with E-state index in [4.69, 9.17) is 0 Å². The van der Waals surface area contributed by atoms with Gasteiger partial charge in [0, 0.05) is 0 Å². The summed E-state index contributed by atoms with van der Waals surface area (Å²) in [6, 6.07) is 0. The summed E-state index contributed by atoms with van der Waals surface area (Å²) in [7, 11) is 0. The van der Waals surface area contributed by atoms with Crippen LogP contribution in [0.4, 0.5) is 0 Å². The number of hydrogen-bond donors (Lipinski definition) is 0. The maximum atomic E-state index is 2.67. The summed E-state index contributed by atoms with van der Waals surface area (Å²) in [5.41, 5.74) is 0. The molecular weight excluding hydrogens is 313 g/mol. The molecule has 0 radical (unpaired) electrons. The molecule has 1 fully saturated rings. The first-order valence-electron chi connectivity index (χ1n) is 7.27. The Morgan fingerprint density at radius 3 is 2.11 bits per heavy atom. The first-order valence-corrected chi connectivity index (χ1v) is 15.4. The van der Waals surface area contributed by atoms with E-state index < -0.39 is 14.0 Å². The summed E-state index contributed by atoms with van der Waals surface area (Å²) in [6.07, 6.45) is 11.0. The molecule has 4 heteroatoms. The second kappa shape index (κ2) is 5.85. The first-order chi connectivity index (χ1) is 7.70. The summed E-state index contributed by atoms with van der Waals surface area (Å²) in [4.78, 5) is 2.67. The Morgan fingerprint density at radius 1 is 1.05 bits per heavy atom. The maximum absolute atomic E-state index is 2.87. The Bertz CT molecular complexity index is 371. The average molecular weight is 344 g/mol. The van der Waals surface area contributed by atoms with Gasteiger partial charge in [0.1, 0.15) is 0 Å². The van der Waals surface area contributed by atoms with Gasteiger partial charge in [-0.15, -0.1) is 24.8 Å². The van der Waals surface area contributed by atoms with Crippen LogP contribution >= 0.6 is 24.8 Å². The van der Waals surface area contributed by atoms with Crippen LogP contribution in [0.25, 0.3) is 0 Å². The molecule has 0 spiro atoms. The zero-order chi connectivity index (χ0) is 12.6.